The first-order chi connectivity index (χ1) is 25.1. The molecule has 7 rings (SSSR count). The molecule has 14 heteroatoms. The second kappa shape index (κ2) is 15.3. The van der Waals surface area contributed by atoms with Crippen LogP contribution in [0.4, 0.5) is 0 Å². The van der Waals surface area contributed by atoms with Crippen molar-refractivity contribution in [1.29, 1.82) is 0 Å². The van der Waals surface area contributed by atoms with Crippen LogP contribution in [0.15, 0.2) is 121 Å². The Hall–Kier alpha value is -5.87. The van der Waals surface area contributed by atoms with Crippen molar-refractivity contribution in [3.05, 3.63) is 122 Å². The molecule has 0 amide bonds. The number of hydrogen-bond donors (Lipinski definition) is 2. The van der Waals surface area contributed by atoms with Gasteiger partial charge in [-0.15, -0.1) is 11.3 Å². The summed E-state index contributed by atoms with van der Waals surface area (Å²) in [6.45, 7) is 2.01. The van der Waals surface area contributed by atoms with Crippen LogP contribution in [-0.4, -0.2) is 56.3 Å². The summed E-state index contributed by atoms with van der Waals surface area (Å²) in [5.41, 5.74) is 17.8. The number of fused-ring (bicyclic) bond motifs is 3. The number of benzene rings is 2. The highest BCUT2D eigenvalue weighted by molar-refractivity contribution is 14.1. The van der Waals surface area contributed by atoms with Gasteiger partial charge in [-0.3, -0.25) is 15.0 Å². The highest BCUT2D eigenvalue weighted by atomic mass is 127. The van der Waals surface area contributed by atoms with Crippen LogP contribution in [-0.2, 0) is 0 Å². The number of hydrogen-bond acceptors (Lipinski definition) is 12. The number of nitrogens with zero attached hydrogens (tertiary/aromatic N) is 10. The van der Waals surface area contributed by atoms with E-state index in [0.717, 1.165) is 46.9 Å². The number of amidine groups is 1. The van der Waals surface area contributed by atoms with Crippen molar-refractivity contribution in [2.75, 3.05) is 4.43 Å². The Kier molecular flexibility index (Phi) is 10.1. The van der Waals surface area contributed by atoms with Crippen LogP contribution in [0.3, 0.4) is 0 Å². The molecule has 1 atom stereocenters. The van der Waals surface area contributed by atoms with Gasteiger partial charge in [-0.2, -0.15) is 0 Å². The summed E-state index contributed by atoms with van der Waals surface area (Å²) < 4.78 is 2.57. The zero-order chi connectivity index (χ0) is 35.2. The van der Waals surface area contributed by atoms with E-state index in [-0.39, 0.29) is 6.04 Å². The Morgan fingerprint density at radius 3 is 2.08 bits per heavy atom. The van der Waals surface area contributed by atoms with Gasteiger partial charge in [0.15, 0.2) is 17.5 Å². The van der Waals surface area contributed by atoms with Gasteiger partial charge in [-0.25, -0.2) is 34.9 Å². The highest BCUT2D eigenvalue weighted by Crippen LogP contribution is 2.50. The summed E-state index contributed by atoms with van der Waals surface area (Å²) >= 11 is 3.83. The van der Waals surface area contributed by atoms with Crippen LogP contribution in [0.25, 0.3) is 65.6 Å². The second-order valence-corrected chi connectivity index (χ2v) is 12.9. The van der Waals surface area contributed by atoms with E-state index in [9.17, 15) is 0 Å². The van der Waals surface area contributed by atoms with Crippen LogP contribution in [0.2, 0.25) is 0 Å². The SMILES string of the molecule is CC(N=C/C=C\N)c1cc2c(sc3c(-c4ncccn4)c(-c4ncccn4)c(-c4ncccn4)cc32)c(C(N)=N/C=C\CI)c1-c1cnccn1. The highest BCUT2D eigenvalue weighted by Gasteiger charge is 2.29. The Morgan fingerprint density at radius 2 is 1.45 bits per heavy atom. The van der Waals surface area contributed by atoms with E-state index in [4.69, 9.17) is 36.4 Å². The molecule has 0 bridgehead atoms. The molecule has 0 aliphatic rings. The smallest absolute Gasteiger partial charge is 0.161 e. The Morgan fingerprint density at radius 1 is 0.804 bits per heavy atom. The molecule has 0 radical (unpaired) electrons. The minimum atomic E-state index is -0.333. The normalized spacial score (nSPS) is 12.9. The predicted octanol–water partition coefficient (Wildman–Crippen LogP) is 7.14. The molecule has 0 fully saturated rings. The molecule has 5 heterocycles. The van der Waals surface area contributed by atoms with Gasteiger partial charge >= 0.3 is 0 Å². The van der Waals surface area contributed by atoms with Crippen LogP contribution in [0, 0.1) is 0 Å². The molecule has 0 aliphatic heterocycles. The molecule has 0 saturated carbocycles. The quantitative estimate of drug-likeness (QED) is 0.0625. The molecular formula is C37H29IN12S. The fourth-order valence-corrected chi connectivity index (χ4v) is 7.40. The van der Waals surface area contributed by atoms with Crippen molar-refractivity contribution >= 4 is 66.2 Å². The van der Waals surface area contributed by atoms with E-state index in [1.54, 1.807) is 104 Å². The minimum absolute atomic E-state index is 0.323. The molecule has 0 saturated heterocycles. The van der Waals surface area contributed by atoms with E-state index < -0.39 is 0 Å². The van der Waals surface area contributed by atoms with Crippen molar-refractivity contribution in [3.63, 3.8) is 0 Å². The molecule has 5 aromatic heterocycles. The van der Waals surface area contributed by atoms with Gasteiger partial charge in [0.05, 0.1) is 17.9 Å². The largest absolute Gasteiger partial charge is 0.405 e. The monoisotopic (exact) mass is 800 g/mol. The van der Waals surface area contributed by atoms with Crippen molar-refractivity contribution < 1.29 is 0 Å². The molecule has 0 aliphatic carbocycles. The molecule has 4 N–H and O–H groups in total. The van der Waals surface area contributed by atoms with E-state index >= 15 is 0 Å². The Bertz CT molecular complexity index is 2430. The topological polar surface area (TPSA) is 180 Å². The molecule has 2 aromatic carbocycles. The average molecular weight is 801 g/mol. The third-order valence-electron chi connectivity index (χ3n) is 7.91. The van der Waals surface area contributed by atoms with Crippen molar-refractivity contribution in [1.82, 2.24) is 39.9 Å². The lowest BCUT2D eigenvalue weighted by molar-refractivity contribution is 0.828. The summed E-state index contributed by atoms with van der Waals surface area (Å²) in [6.07, 6.45) is 23.8. The molecule has 0 spiro atoms. The van der Waals surface area contributed by atoms with Crippen molar-refractivity contribution in [2.45, 2.75) is 13.0 Å². The fraction of sp³-hybridized carbons (Fsp3) is 0.0811. The zero-order valence-corrected chi connectivity index (χ0v) is 30.1. The molecular weight excluding hydrogens is 771 g/mol. The van der Waals surface area contributed by atoms with Gasteiger partial charge in [-0.1, -0.05) is 28.7 Å². The number of thiophene rings is 1. The fourth-order valence-electron chi connectivity index (χ4n) is 5.81. The third-order valence-corrected chi connectivity index (χ3v) is 9.67. The summed E-state index contributed by atoms with van der Waals surface area (Å²) in [7, 11) is 0. The van der Waals surface area contributed by atoms with E-state index in [0.29, 0.717) is 40.1 Å². The minimum Gasteiger partial charge on any atom is -0.405 e. The molecule has 51 heavy (non-hydrogen) atoms. The second-order valence-electron chi connectivity index (χ2n) is 11.0. The van der Waals surface area contributed by atoms with Crippen LogP contribution in [0.1, 0.15) is 24.1 Å². The van der Waals surface area contributed by atoms with Crippen LogP contribution >= 0.6 is 33.9 Å². The first-order valence-corrected chi connectivity index (χ1v) is 18.1. The van der Waals surface area contributed by atoms with Crippen molar-refractivity contribution in [3.8, 4) is 45.4 Å². The summed E-state index contributed by atoms with van der Waals surface area (Å²) in [6, 6.07) is 9.25. The van der Waals surface area contributed by atoms with E-state index in [1.165, 1.54) is 6.20 Å². The molecule has 1 unspecified atom stereocenters. The van der Waals surface area contributed by atoms with Gasteiger partial charge in [0, 0.05) is 114 Å². The summed E-state index contributed by atoms with van der Waals surface area (Å²) in [5, 5.41) is 1.84. The lowest BCUT2D eigenvalue weighted by Gasteiger charge is -2.18. The number of aromatic nitrogens is 8. The number of aliphatic imine (C=N–C) groups is 2. The lowest BCUT2D eigenvalue weighted by Crippen LogP contribution is -2.16. The number of alkyl halides is 1. The number of allylic oxidation sites excluding steroid dienone is 2. The van der Waals surface area contributed by atoms with Crippen LogP contribution in [0.5, 0.6) is 0 Å². The molecule has 250 valence electrons. The van der Waals surface area contributed by atoms with E-state index in [2.05, 4.69) is 59.6 Å². The van der Waals surface area contributed by atoms with E-state index in [1.807, 2.05) is 13.0 Å². The zero-order valence-electron chi connectivity index (χ0n) is 27.2. The molecule has 12 nitrogen and oxygen atoms in total. The first kappa shape index (κ1) is 33.6. The molecule has 7 aromatic rings. The van der Waals surface area contributed by atoms with Crippen molar-refractivity contribution in [2.24, 2.45) is 21.5 Å². The average Bonchev–Trinajstić information content (AvgIpc) is 3.55. The lowest BCUT2D eigenvalue weighted by atomic mass is 9.89. The number of nitrogens with two attached hydrogens (primary N) is 2. The maximum atomic E-state index is 6.97. The third kappa shape index (κ3) is 6.70. The maximum absolute atomic E-state index is 6.97. The standard InChI is InChI=1S/C37H29IN12S/c1-22(42-10-3-8-39)23-19-24-25-20-26(35-45-11-4-12-46-35)29(36-47-13-5-14-48-36)31(37-49-15-6-16-50-37)33(25)51-32(24)30(34(40)44-9-2-7-38)28(23)27-21-41-17-18-43-27/h2-6,8-22H,7,39H2,1H3,(H2,40,44)/b8-3-,9-2-,42-10?. The van der Waals surface area contributed by atoms with Crippen LogP contribution < -0.4 is 11.5 Å². The Labute approximate surface area is 310 Å². The van der Waals surface area contributed by atoms with Gasteiger partial charge in [-0.05, 0) is 55.1 Å². The number of halogens is 1. The van der Waals surface area contributed by atoms with Gasteiger partial charge < -0.3 is 11.5 Å². The summed E-state index contributed by atoms with van der Waals surface area (Å²) in [4.78, 5) is 46.9. The summed E-state index contributed by atoms with van der Waals surface area (Å²) in [5.74, 6) is 1.82. The Balaban J connectivity index is 1.71. The number of rotatable bonds is 10. The van der Waals surface area contributed by atoms with Gasteiger partial charge in [0.1, 0.15) is 5.84 Å². The predicted molar refractivity (Wildman–Crippen MR) is 212 cm³/mol. The van der Waals surface area contributed by atoms with Gasteiger partial charge in [0.25, 0.3) is 0 Å². The van der Waals surface area contributed by atoms with Gasteiger partial charge in [0.2, 0.25) is 0 Å². The maximum Gasteiger partial charge on any atom is 0.161 e. The first-order valence-electron chi connectivity index (χ1n) is 15.7.